The largest absolute Gasteiger partial charge is 0.497 e. The molecule has 4 unspecified atom stereocenters. The smallest absolute Gasteiger partial charge is 0.279 e. The molecule has 3 heterocycles. The van der Waals surface area contributed by atoms with Crippen LogP contribution in [0, 0.1) is 60.3 Å². The van der Waals surface area contributed by atoms with Crippen LogP contribution in [0.25, 0.3) is 0 Å². The first-order valence-electron chi connectivity index (χ1n) is 10.6. The van der Waals surface area contributed by atoms with Gasteiger partial charge in [-0.1, -0.05) is 12.1 Å². The fourth-order valence-corrected chi connectivity index (χ4v) is 5.38. The lowest BCUT2D eigenvalue weighted by atomic mass is 9.52. The normalized spacial score (nSPS) is 28.8. The SMILES string of the molecule is COc1ccc(C2C3(C)OC(=N)C2(C#N)C(C#N)(C#N)C(c2cc4c(cc2[N+](=O)[O-])OCO4)O3)cc1. The molecule has 2 aromatic carbocycles. The van der Waals surface area contributed by atoms with E-state index in [-0.39, 0.29) is 23.9 Å². The van der Waals surface area contributed by atoms with Gasteiger partial charge in [-0.2, -0.15) is 15.8 Å². The van der Waals surface area contributed by atoms with Crippen LogP contribution in [0.5, 0.6) is 17.2 Å². The van der Waals surface area contributed by atoms with Crippen LogP contribution in [-0.4, -0.2) is 30.5 Å². The summed E-state index contributed by atoms with van der Waals surface area (Å²) in [6.45, 7) is 1.30. The van der Waals surface area contributed by atoms with E-state index in [4.69, 9.17) is 29.1 Å². The number of fused-ring (bicyclic) bond motifs is 3. The Morgan fingerprint density at radius 3 is 2.31 bits per heavy atom. The standard InChI is InChI=1S/C24H17N5O7/c1-22-19(13-3-5-14(32-2)6-4-13)24(11-27,21(28)36-22)23(9-25,10-26)20(35-22)15-7-17-18(34-12-33-17)8-16(15)29(30)31/h3-8,19-20,28H,12H2,1-2H3. The van der Waals surface area contributed by atoms with Crippen LogP contribution in [0.3, 0.4) is 0 Å². The number of nitrogens with one attached hydrogen (secondary N) is 1. The number of benzene rings is 2. The minimum absolute atomic E-state index is 0.116. The Labute approximate surface area is 204 Å². The second-order valence-electron chi connectivity index (χ2n) is 8.62. The molecule has 0 saturated carbocycles. The van der Waals surface area contributed by atoms with E-state index in [2.05, 4.69) is 0 Å². The van der Waals surface area contributed by atoms with E-state index in [0.29, 0.717) is 11.3 Å². The Morgan fingerprint density at radius 2 is 1.75 bits per heavy atom. The Hall–Kier alpha value is -4.86. The molecule has 5 rings (SSSR count). The van der Waals surface area contributed by atoms with Crippen molar-refractivity contribution in [3.8, 4) is 35.5 Å². The number of methoxy groups -OCH3 is 1. The molecule has 0 amide bonds. The van der Waals surface area contributed by atoms with Gasteiger partial charge in [0.2, 0.25) is 23.9 Å². The van der Waals surface area contributed by atoms with Crippen molar-refractivity contribution in [3.63, 3.8) is 0 Å². The van der Waals surface area contributed by atoms with Gasteiger partial charge in [0.25, 0.3) is 5.69 Å². The number of hydrogen-bond acceptors (Lipinski definition) is 11. The van der Waals surface area contributed by atoms with E-state index in [1.807, 2.05) is 18.2 Å². The van der Waals surface area contributed by atoms with Gasteiger partial charge >= 0.3 is 0 Å². The van der Waals surface area contributed by atoms with E-state index in [1.165, 1.54) is 20.1 Å². The van der Waals surface area contributed by atoms with Crippen LogP contribution in [-0.2, 0) is 9.47 Å². The van der Waals surface area contributed by atoms with Gasteiger partial charge in [-0.05, 0) is 23.8 Å². The van der Waals surface area contributed by atoms with Crippen LogP contribution < -0.4 is 14.2 Å². The summed E-state index contributed by atoms with van der Waals surface area (Å²) in [5.41, 5.74) is -4.81. The summed E-state index contributed by atoms with van der Waals surface area (Å²) in [6.07, 6.45) is -1.65. The van der Waals surface area contributed by atoms with Crippen LogP contribution in [0.15, 0.2) is 36.4 Å². The summed E-state index contributed by atoms with van der Waals surface area (Å²) < 4.78 is 27.8. The number of nitro benzene ring substituents is 1. The highest BCUT2D eigenvalue weighted by Crippen LogP contribution is 2.70. The van der Waals surface area contributed by atoms with Crippen molar-refractivity contribution in [2.75, 3.05) is 13.9 Å². The molecule has 3 aliphatic rings. The number of nitrogens with zero attached hydrogens (tertiary/aromatic N) is 4. The lowest BCUT2D eigenvalue weighted by molar-refractivity contribution is -0.387. The van der Waals surface area contributed by atoms with Gasteiger partial charge in [0, 0.05) is 6.92 Å². The third-order valence-electron chi connectivity index (χ3n) is 6.97. The Bertz CT molecular complexity index is 1420. The average molecular weight is 487 g/mol. The average Bonchev–Trinajstić information content (AvgIpc) is 3.41. The van der Waals surface area contributed by atoms with E-state index in [0.717, 1.165) is 6.07 Å². The van der Waals surface area contributed by atoms with E-state index in [9.17, 15) is 25.9 Å². The topological polar surface area (TPSA) is 185 Å². The molecule has 2 saturated heterocycles. The maximum atomic E-state index is 12.0. The molecule has 180 valence electrons. The molecule has 4 atom stereocenters. The molecule has 12 nitrogen and oxygen atoms in total. The van der Waals surface area contributed by atoms with E-state index < -0.39 is 45.1 Å². The summed E-state index contributed by atoms with van der Waals surface area (Å²) in [4.78, 5) is 11.3. The molecule has 0 aliphatic carbocycles. The van der Waals surface area contributed by atoms with Gasteiger partial charge in [-0.3, -0.25) is 15.5 Å². The fourth-order valence-electron chi connectivity index (χ4n) is 5.38. The number of rotatable bonds is 4. The van der Waals surface area contributed by atoms with Gasteiger partial charge in [-0.25, -0.2) is 0 Å². The van der Waals surface area contributed by atoms with E-state index in [1.54, 1.807) is 24.3 Å². The molecule has 0 aromatic heterocycles. The van der Waals surface area contributed by atoms with Gasteiger partial charge in [-0.15, -0.1) is 0 Å². The lowest BCUT2D eigenvalue weighted by Gasteiger charge is -2.48. The van der Waals surface area contributed by atoms with Crippen molar-refractivity contribution in [1.29, 1.82) is 21.2 Å². The van der Waals surface area contributed by atoms with Crippen molar-refractivity contribution in [2.45, 2.75) is 24.7 Å². The fraction of sp³-hybridized carbons (Fsp3) is 0.333. The monoisotopic (exact) mass is 487 g/mol. The summed E-state index contributed by atoms with van der Waals surface area (Å²) in [6, 6.07) is 14.7. The molecule has 12 heteroatoms. The predicted octanol–water partition coefficient (Wildman–Crippen LogP) is 3.45. The van der Waals surface area contributed by atoms with E-state index >= 15 is 0 Å². The molecule has 0 spiro atoms. The lowest BCUT2D eigenvalue weighted by Crippen LogP contribution is -2.57. The number of nitriles is 3. The van der Waals surface area contributed by atoms with Gasteiger partial charge in [0.05, 0.1) is 47.8 Å². The van der Waals surface area contributed by atoms with Crippen molar-refractivity contribution in [3.05, 3.63) is 57.6 Å². The second-order valence-corrected chi connectivity index (χ2v) is 8.62. The predicted molar refractivity (Wildman–Crippen MR) is 118 cm³/mol. The first-order valence-corrected chi connectivity index (χ1v) is 10.6. The van der Waals surface area contributed by atoms with Crippen molar-refractivity contribution >= 4 is 11.6 Å². The molecular weight excluding hydrogens is 470 g/mol. The van der Waals surface area contributed by atoms with Crippen LogP contribution in [0.2, 0.25) is 0 Å². The number of hydrogen-bond donors (Lipinski definition) is 1. The van der Waals surface area contributed by atoms with Gasteiger partial charge in [0.15, 0.2) is 16.9 Å². The third kappa shape index (κ3) is 2.66. The zero-order valence-corrected chi connectivity index (χ0v) is 19.0. The van der Waals surface area contributed by atoms with Gasteiger partial charge in [0.1, 0.15) is 11.9 Å². The maximum Gasteiger partial charge on any atom is 0.279 e. The third-order valence-corrected chi connectivity index (χ3v) is 6.97. The summed E-state index contributed by atoms with van der Waals surface area (Å²) in [7, 11) is 1.48. The molecule has 36 heavy (non-hydrogen) atoms. The quantitative estimate of drug-likeness (QED) is 0.494. The second kappa shape index (κ2) is 7.57. The minimum Gasteiger partial charge on any atom is -0.497 e. The molecule has 2 fully saturated rings. The highest BCUT2D eigenvalue weighted by molar-refractivity contribution is 5.90. The van der Waals surface area contributed by atoms with Crippen LogP contribution in [0.4, 0.5) is 5.69 Å². The maximum absolute atomic E-state index is 12.0. The minimum atomic E-state index is -2.42. The summed E-state index contributed by atoms with van der Waals surface area (Å²) >= 11 is 0. The van der Waals surface area contributed by atoms with Crippen molar-refractivity contribution < 1.29 is 28.6 Å². The molecule has 2 aromatic rings. The zero-order chi connectivity index (χ0) is 25.9. The highest BCUT2D eigenvalue weighted by atomic mass is 16.7. The van der Waals surface area contributed by atoms with Crippen LogP contribution >= 0.6 is 0 Å². The summed E-state index contributed by atoms with van der Waals surface area (Å²) in [5, 5.41) is 52.1. The zero-order valence-electron chi connectivity index (χ0n) is 19.0. The van der Waals surface area contributed by atoms with Crippen molar-refractivity contribution in [2.24, 2.45) is 10.8 Å². The Morgan fingerprint density at radius 1 is 1.11 bits per heavy atom. The molecular formula is C24H17N5O7. The first-order chi connectivity index (χ1) is 17.2. The van der Waals surface area contributed by atoms with Crippen molar-refractivity contribution in [1.82, 2.24) is 0 Å². The number of ether oxygens (including phenoxy) is 5. The Kier molecular flexibility index (Phi) is 4.82. The first kappa shape index (κ1) is 22.9. The molecule has 2 bridgehead atoms. The molecule has 0 radical (unpaired) electrons. The molecule has 3 aliphatic heterocycles. The highest BCUT2D eigenvalue weighted by Gasteiger charge is 2.80. The molecule has 1 N–H and O–H groups in total. The number of nitro groups is 1. The van der Waals surface area contributed by atoms with Crippen LogP contribution in [0.1, 0.15) is 30.1 Å². The van der Waals surface area contributed by atoms with Gasteiger partial charge < -0.3 is 23.7 Å². The Balaban J connectivity index is 1.79. The summed E-state index contributed by atoms with van der Waals surface area (Å²) in [5.74, 6) is -2.67.